The molecule has 0 saturated carbocycles. The molecular weight excluding hydrogens is 272 g/mol. The molecule has 0 spiro atoms. The van der Waals surface area contributed by atoms with Crippen molar-refractivity contribution in [2.45, 2.75) is 13.0 Å². The number of aromatic nitrogens is 5. The van der Waals surface area contributed by atoms with Crippen LogP contribution in [0.2, 0.25) is 0 Å². The summed E-state index contributed by atoms with van der Waals surface area (Å²) in [5.74, 6) is -0.214. The Morgan fingerprint density at radius 3 is 2.86 bits per heavy atom. The van der Waals surface area contributed by atoms with Gasteiger partial charge in [0.15, 0.2) is 11.5 Å². The van der Waals surface area contributed by atoms with Gasteiger partial charge < -0.3 is 10.4 Å². The molecule has 0 aliphatic heterocycles. The van der Waals surface area contributed by atoms with Gasteiger partial charge in [-0.1, -0.05) is 24.3 Å². The molecular formula is C13H12N6O2. The summed E-state index contributed by atoms with van der Waals surface area (Å²) in [6.07, 6.45) is 3.16. The molecule has 0 radical (unpaired) electrons. The minimum atomic E-state index is -0.855. The fraction of sp³-hybridized carbons (Fsp3) is 0.154. The van der Waals surface area contributed by atoms with Gasteiger partial charge in [-0.2, -0.15) is 4.52 Å². The topological polar surface area (TPSA) is 105 Å². The Labute approximate surface area is 119 Å². The molecule has 0 unspecified atom stereocenters. The van der Waals surface area contributed by atoms with Crippen LogP contribution in [0, 0.1) is 0 Å². The third kappa shape index (κ3) is 2.78. The molecule has 0 amide bonds. The Kier molecular flexibility index (Phi) is 3.42. The molecule has 3 rings (SSSR count). The molecule has 3 aromatic rings. The second kappa shape index (κ2) is 5.53. The molecule has 21 heavy (non-hydrogen) atoms. The molecule has 0 atom stereocenters. The van der Waals surface area contributed by atoms with Gasteiger partial charge in [0.05, 0.1) is 18.8 Å². The van der Waals surface area contributed by atoms with E-state index in [1.807, 2.05) is 18.2 Å². The summed E-state index contributed by atoms with van der Waals surface area (Å²) >= 11 is 0. The smallest absolute Gasteiger partial charge is 0.307 e. The van der Waals surface area contributed by atoms with Gasteiger partial charge in [-0.25, -0.2) is 0 Å². The predicted molar refractivity (Wildman–Crippen MR) is 73.7 cm³/mol. The van der Waals surface area contributed by atoms with Crippen molar-refractivity contribution in [1.82, 2.24) is 25.0 Å². The van der Waals surface area contributed by atoms with Crippen LogP contribution in [0.5, 0.6) is 0 Å². The van der Waals surface area contributed by atoms with E-state index in [-0.39, 0.29) is 6.42 Å². The Morgan fingerprint density at radius 1 is 1.24 bits per heavy atom. The second-order valence-corrected chi connectivity index (χ2v) is 4.43. The summed E-state index contributed by atoms with van der Waals surface area (Å²) in [6, 6.07) is 7.39. The zero-order valence-corrected chi connectivity index (χ0v) is 11.0. The summed E-state index contributed by atoms with van der Waals surface area (Å²) in [5, 5.41) is 23.4. The lowest BCUT2D eigenvalue weighted by Gasteiger charge is -2.10. The average Bonchev–Trinajstić information content (AvgIpc) is 2.95. The first-order valence-electron chi connectivity index (χ1n) is 6.28. The van der Waals surface area contributed by atoms with Gasteiger partial charge in [-0.3, -0.25) is 9.78 Å². The van der Waals surface area contributed by atoms with Crippen molar-refractivity contribution in [2.24, 2.45) is 0 Å². The largest absolute Gasteiger partial charge is 0.481 e. The number of carboxylic acids is 1. The van der Waals surface area contributed by atoms with Crippen molar-refractivity contribution in [1.29, 1.82) is 0 Å². The van der Waals surface area contributed by atoms with Crippen LogP contribution < -0.4 is 5.32 Å². The third-order valence-electron chi connectivity index (χ3n) is 3.03. The number of nitrogens with one attached hydrogen (secondary N) is 1. The van der Waals surface area contributed by atoms with Crippen LogP contribution in [0.1, 0.15) is 11.1 Å². The predicted octanol–water partition coefficient (Wildman–Crippen LogP) is 0.758. The van der Waals surface area contributed by atoms with E-state index in [1.165, 1.54) is 4.52 Å². The highest BCUT2D eigenvalue weighted by Gasteiger charge is 2.08. The van der Waals surface area contributed by atoms with E-state index in [0.717, 1.165) is 11.1 Å². The summed E-state index contributed by atoms with van der Waals surface area (Å²) < 4.78 is 1.53. The molecule has 2 aromatic heterocycles. The van der Waals surface area contributed by atoms with Gasteiger partial charge in [0.25, 0.3) is 0 Å². The van der Waals surface area contributed by atoms with Crippen LogP contribution in [0.25, 0.3) is 5.65 Å². The lowest BCUT2D eigenvalue weighted by atomic mass is 10.0. The van der Waals surface area contributed by atoms with Gasteiger partial charge in [0, 0.05) is 6.54 Å². The zero-order valence-electron chi connectivity index (χ0n) is 11.0. The summed E-state index contributed by atoms with van der Waals surface area (Å²) in [6.45, 7) is 0.462. The quantitative estimate of drug-likeness (QED) is 0.712. The molecule has 2 N–H and O–H groups in total. The van der Waals surface area contributed by atoms with Crippen LogP contribution >= 0.6 is 0 Å². The van der Waals surface area contributed by atoms with Crippen LogP contribution in [0.15, 0.2) is 36.7 Å². The summed E-state index contributed by atoms with van der Waals surface area (Å²) in [5.41, 5.74) is 2.22. The first-order valence-corrected chi connectivity index (χ1v) is 6.28. The van der Waals surface area contributed by atoms with Crippen LogP contribution in [-0.2, 0) is 17.8 Å². The van der Waals surface area contributed by atoms with Gasteiger partial charge in [-0.05, 0) is 21.6 Å². The molecule has 0 aliphatic rings. The molecule has 0 bridgehead atoms. The van der Waals surface area contributed by atoms with Gasteiger partial charge in [0.2, 0.25) is 0 Å². The SMILES string of the molecule is O=C(O)Cc1ccccc1CNc1cncc2nnnn12. The molecule has 0 aliphatic carbocycles. The standard InChI is InChI=1S/C13H12N6O2/c20-13(21)5-9-3-1-2-4-10(9)6-15-11-7-14-8-12-16-17-18-19(11)12/h1-4,7-8,15H,5-6H2,(H,20,21). The van der Waals surface area contributed by atoms with E-state index in [2.05, 4.69) is 25.8 Å². The van der Waals surface area contributed by atoms with Crippen molar-refractivity contribution >= 4 is 17.4 Å². The maximum atomic E-state index is 10.9. The van der Waals surface area contributed by atoms with Gasteiger partial charge >= 0.3 is 5.97 Å². The monoisotopic (exact) mass is 284 g/mol. The number of anilines is 1. The molecule has 8 heteroatoms. The first-order chi connectivity index (χ1) is 10.2. The van der Waals surface area contributed by atoms with Crippen LogP contribution in [0.3, 0.4) is 0 Å². The third-order valence-corrected chi connectivity index (χ3v) is 3.03. The maximum Gasteiger partial charge on any atom is 0.307 e. The highest BCUT2D eigenvalue weighted by Crippen LogP contribution is 2.13. The average molecular weight is 284 g/mol. The zero-order chi connectivity index (χ0) is 14.7. The second-order valence-electron chi connectivity index (χ2n) is 4.43. The molecule has 1 aromatic carbocycles. The van der Waals surface area contributed by atoms with E-state index >= 15 is 0 Å². The van der Waals surface area contributed by atoms with Crippen molar-refractivity contribution in [3.8, 4) is 0 Å². The van der Waals surface area contributed by atoms with E-state index < -0.39 is 5.97 Å². The van der Waals surface area contributed by atoms with E-state index in [9.17, 15) is 4.79 Å². The van der Waals surface area contributed by atoms with Crippen molar-refractivity contribution in [3.05, 3.63) is 47.8 Å². The molecule has 0 fully saturated rings. The normalized spacial score (nSPS) is 10.7. The molecule has 0 saturated heterocycles. The maximum absolute atomic E-state index is 10.9. The minimum absolute atomic E-state index is 0.00875. The number of fused-ring (bicyclic) bond motifs is 1. The van der Waals surface area contributed by atoms with Gasteiger partial charge in [-0.15, -0.1) is 5.10 Å². The number of aliphatic carboxylic acids is 1. The van der Waals surface area contributed by atoms with E-state index in [0.29, 0.717) is 18.0 Å². The Morgan fingerprint density at radius 2 is 2.05 bits per heavy atom. The number of rotatable bonds is 5. The molecule has 106 valence electrons. The van der Waals surface area contributed by atoms with E-state index in [4.69, 9.17) is 5.11 Å². The fourth-order valence-corrected chi connectivity index (χ4v) is 2.05. The molecule has 8 nitrogen and oxygen atoms in total. The number of tetrazole rings is 1. The Bertz CT molecular complexity index is 785. The number of hydrogen-bond acceptors (Lipinski definition) is 6. The van der Waals surface area contributed by atoms with Crippen molar-refractivity contribution < 1.29 is 9.90 Å². The molecule has 2 heterocycles. The lowest BCUT2D eigenvalue weighted by molar-refractivity contribution is -0.136. The highest BCUT2D eigenvalue weighted by atomic mass is 16.4. The first kappa shape index (κ1) is 13.0. The summed E-state index contributed by atoms with van der Waals surface area (Å²) in [4.78, 5) is 14.9. The number of carboxylic acid groups (broad SMARTS) is 1. The Hall–Kier alpha value is -3.03. The van der Waals surface area contributed by atoms with E-state index in [1.54, 1.807) is 18.5 Å². The highest BCUT2D eigenvalue weighted by molar-refractivity contribution is 5.70. The number of carbonyl (C=O) groups is 1. The van der Waals surface area contributed by atoms with Crippen LogP contribution in [-0.4, -0.2) is 36.1 Å². The lowest BCUT2D eigenvalue weighted by Crippen LogP contribution is -2.09. The van der Waals surface area contributed by atoms with Crippen molar-refractivity contribution in [2.75, 3.05) is 5.32 Å². The minimum Gasteiger partial charge on any atom is -0.481 e. The Balaban J connectivity index is 1.82. The number of benzene rings is 1. The number of nitrogens with zero attached hydrogens (tertiary/aromatic N) is 5. The fourth-order valence-electron chi connectivity index (χ4n) is 2.05. The van der Waals surface area contributed by atoms with Gasteiger partial charge in [0.1, 0.15) is 0 Å². The number of hydrogen-bond donors (Lipinski definition) is 2. The van der Waals surface area contributed by atoms with Crippen LogP contribution in [0.4, 0.5) is 5.82 Å². The van der Waals surface area contributed by atoms with Crippen molar-refractivity contribution in [3.63, 3.8) is 0 Å². The summed E-state index contributed by atoms with van der Waals surface area (Å²) in [7, 11) is 0.